The van der Waals surface area contributed by atoms with Crippen molar-refractivity contribution in [3.05, 3.63) is 28.8 Å². The van der Waals surface area contributed by atoms with E-state index in [0.29, 0.717) is 5.75 Å². The molecule has 1 aliphatic heterocycles. The lowest BCUT2D eigenvalue weighted by atomic mass is 9.98. The number of nitrogens with one attached hydrogen (secondary N) is 1. The van der Waals surface area contributed by atoms with Gasteiger partial charge in [-0.3, -0.25) is 4.90 Å². The van der Waals surface area contributed by atoms with Crippen molar-refractivity contribution in [2.24, 2.45) is 5.92 Å². The zero-order valence-electron chi connectivity index (χ0n) is 13.1. The summed E-state index contributed by atoms with van der Waals surface area (Å²) in [5.74, 6) is 1.22. The van der Waals surface area contributed by atoms with E-state index < -0.39 is 0 Å². The van der Waals surface area contributed by atoms with Gasteiger partial charge in [-0.05, 0) is 68.9 Å². The van der Waals surface area contributed by atoms with Crippen molar-refractivity contribution in [3.63, 3.8) is 0 Å². The van der Waals surface area contributed by atoms with Gasteiger partial charge < -0.3 is 10.4 Å². The van der Waals surface area contributed by atoms with Crippen LogP contribution in [0.1, 0.15) is 36.5 Å². The molecular weight excluding hydrogens is 248 g/mol. The summed E-state index contributed by atoms with van der Waals surface area (Å²) < 4.78 is 0. The molecule has 1 unspecified atom stereocenters. The molecule has 0 spiro atoms. The lowest BCUT2D eigenvalue weighted by Crippen LogP contribution is -2.38. The number of nitrogens with zero attached hydrogens (tertiary/aromatic N) is 1. The second-order valence-corrected chi connectivity index (χ2v) is 6.12. The summed E-state index contributed by atoms with van der Waals surface area (Å²) in [5, 5.41) is 13.4. The predicted molar refractivity (Wildman–Crippen MR) is 84.1 cm³/mol. The van der Waals surface area contributed by atoms with Crippen LogP contribution in [0.3, 0.4) is 0 Å². The molecule has 1 heterocycles. The number of phenols is 1. The fraction of sp³-hybridized carbons (Fsp3) is 0.647. The van der Waals surface area contributed by atoms with E-state index in [1.165, 1.54) is 31.5 Å². The number of rotatable bonds is 5. The monoisotopic (exact) mass is 276 g/mol. The number of aryl methyl sites for hydroxylation is 2. The zero-order valence-corrected chi connectivity index (χ0v) is 13.1. The first-order valence-corrected chi connectivity index (χ1v) is 7.82. The smallest absolute Gasteiger partial charge is 0.121 e. The highest BCUT2D eigenvalue weighted by molar-refractivity contribution is 5.42. The average molecular weight is 276 g/mol. The summed E-state index contributed by atoms with van der Waals surface area (Å²) in [7, 11) is 0. The molecule has 0 saturated carbocycles. The molecule has 20 heavy (non-hydrogen) atoms. The number of phenolic OH excluding ortho intramolecular Hbond substituents is 1. The number of aromatic hydroxyl groups is 1. The maximum Gasteiger partial charge on any atom is 0.121 e. The molecule has 3 heteroatoms. The van der Waals surface area contributed by atoms with Crippen LogP contribution in [0.25, 0.3) is 0 Å². The van der Waals surface area contributed by atoms with Gasteiger partial charge in [0.2, 0.25) is 0 Å². The first kappa shape index (κ1) is 15.3. The van der Waals surface area contributed by atoms with Gasteiger partial charge in [-0.15, -0.1) is 0 Å². The number of hydrogen-bond acceptors (Lipinski definition) is 3. The van der Waals surface area contributed by atoms with Crippen molar-refractivity contribution in [2.75, 3.05) is 26.2 Å². The minimum atomic E-state index is 0.438. The van der Waals surface area contributed by atoms with E-state index in [4.69, 9.17) is 0 Å². The van der Waals surface area contributed by atoms with Gasteiger partial charge in [0.05, 0.1) is 0 Å². The normalized spacial score (nSPS) is 19.5. The van der Waals surface area contributed by atoms with Crippen LogP contribution >= 0.6 is 0 Å². The van der Waals surface area contributed by atoms with E-state index in [1.807, 2.05) is 13.8 Å². The molecule has 2 rings (SSSR count). The van der Waals surface area contributed by atoms with Gasteiger partial charge >= 0.3 is 0 Å². The standard InChI is InChI=1S/C17H28N2O/c1-4-19(11-15-6-5-7-18-10-15)12-16-8-13(2)17(20)14(3)9-16/h8-9,15,18,20H,4-7,10-12H2,1-3H3. The first-order chi connectivity index (χ1) is 9.60. The van der Waals surface area contributed by atoms with Crippen LogP contribution in [-0.4, -0.2) is 36.2 Å². The molecule has 0 amide bonds. The van der Waals surface area contributed by atoms with Crippen molar-refractivity contribution in [2.45, 2.75) is 40.2 Å². The summed E-state index contributed by atoms with van der Waals surface area (Å²) in [6.07, 6.45) is 2.65. The van der Waals surface area contributed by atoms with Crippen LogP contribution in [0, 0.1) is 19.8 Å². The average Bonchev–Trinajstić information content (AvgIpc) is 2.45. The topological polar surface area (TPSA) is 35.5 Å². The van der Waals surface area contributed by atoms with Crippen LogP contribution in [0.5, 0.6) is 5.75 Å². The second kappa shape index (κ2) is 7.09. The Morgan fingerprint density at radius 2 is 2.00 bits per heavy atom. The molecule has 1 aliphatic rings. The summed E-state index contributed by atoms with van der Waals surface area (Å²) in [6.45, 7) is 11.8. The maximum absolute atomic E-state index is 9.86. The SMILES string of the molecule is CCN(Cc1cc(C)c(O)c(C)c1)CC1CCCNC1. The fourth-order valence-corrected chi connectivity index (χ4v) is 3.15. The molecule has 0 bridgehead atoms. The van der Waals surface area contributed by atoms with Gasteiger partial charge in [-0.2, -0.15) is 0 Å². The Morgan fingerprint density at radius 1 is 1.30 bits per heavy atom. The van der Waals surface area contributed by atoms with Gasteiger partial charge in [0.1, 0.15) is 5.75 Å². The van der Waals surface area contributed by atoms with Crippen LogP contribution in [0.2, 0.25) is 0 Å². The summed E-state index contributed by atoms with van der Waals surface area (Å²) in [4.78, 5) is 2.52. The molecule has 1 fully saturated rings. The predicted octanol–water partition coefficient (Wildman–Crippen LogP) is 2.83. The lowest BCUT2D eigenvalue weighted by molar-refractivity contribution is 0.209. The highest BCUT2D eigenvalue weighted by atomic mass is 16.3. The molecule has 1 aromatic rings. The number of piperidine rings is 1. The Balaban J connectivity index is 1.98. The van der Waals surface area contributed by atoms with Crippen molar-refractivity contribution in [1.29, 1.82) is 0 Å². The van der Waals surface area contributed by atoms with E-state index in [2.05, 4.69) is 29.3 Å². The molecule has 112 valence electrons. The Bertz CT molecular complexity index is 416. The quantitative estimate of drug-likeness (QED) is 0.868. The van der Waals surface area contributed by atoms with Crippen molar-refractivity contribution in [3.8, 4) is 5.75 Å². The van der Waals surface area contributed by atoms with Crippen LogP contribution in [-0.2, 0) is 6.54 Å². The summed E-state index contributed by atoms with van der Waals surface area (Å²) in [6, 6.07) is 4.23. The van der Waals surface area contributed by atoms with E-state index in [-0.39, 0.29) is 0 Å². The Labute approximate surface area is 123 Å². The van der Waals surface area contributed by atoms with Crippen molar-refractivity contribution in [1.82, 2.24) is 10.2 Å². The van der Waals surface area contributed by atoms with Crippen LogP contribution in [0.4, 0.5) is 0 Å². The summed E-state index contributed by atoms with van der Waals surface area (Å²) in [5.41, 5.74) is 3.27. The molecule has 1 aromatic carbocycles. The van der Waals surface area contributed by atoms with Gasteiger partial charge in [-0.25, -0.2) is 0 Å². The minimum Gasteiger partial charge on any atom is -0.507 e. The Morgan fingerprint density at radius 3 is 2.55 bits per heavy atom. The molecule has 1 atom stereocenters. The first-order valence-electron chi connectivity index (χ1n) is 7.82. The zero-order chi connectivity index (χ0) is 14.5. The number of benzene rings is 1. The maximum atomic E-state index is 9.86. The molecule has 3 nitrogen and oxygen atoms in total. The van der Waals surface area contributed by atoms with Crippen molar-refractivity contribution < 1.29 is 5.11 Å². The number of hydrogen-bond donors (Lipinski definition) is 2. The molecule has 2 N–H and O–H groups in total. The summed E-state index contributed by atoms with van der Waals surface area (Å²) >= 11 is 0. The fourth-order valence-electron chi connectivity index (χ4n) is 3.15. The third-order valence-corrected chi connectivity index (χ3v) is 4.32. The van der Waals surface area contributed by atoms with Crippen LogP contribution < -0.4 is 5.32 Å². The Kier molecular flexibility index (Phi) is 5.44. The molecule has 0 radical (unpaired) electrons. The minimum absolute atomic E-state index is 0.438. The van der Waals surface area contributed by atoms with Crippen molar-refractivity contribution >= 4 is 0 Å². The van der Waals surface area contributed by atoms with E-state index in [0.717, 1.165) is 36.7 Å². The Hall–Kier alpha value is -1.06. The molecule has 1 saturated heterocycles. The molecular formula is C17H28N2O. The molecule has 0 aliphatic carbocycles. The van der Waals surface area contributed by atoms with E-state index in [9.17, 15) is 5.11 Å². The molecule has 0 aromatic heterocycles. The highest BCUT2D eigenvalue weighted by Gasteiger charge is 2.16. The van der Waals surface area contributed by atoms with E-state index in [1.54, 1.807) is 0 Å². The van der Waals surface area contributed by atoms with Gasteiger partial charge in [0.15, 0.2) is 0 Å². The lowest BCUT2D eigenvalue weighted by Gasteiger charge is -2.29. The second-order valence-electron chi connectivity index (χ2n) is 6.12. The largest absolute Gasteiger partial charge is 0.507 e. The highest BCUT2D eigenvalue weighted by Crippen LogP contribution is 2.24. The third kappa shape index (κ3) is 3.97. The van der Waals surface area contributed by atoms with Crippen LogP contribution in [0.15, 0.2) is 12.1 Å². The van der Waals surface area contributed by atoms with Gasteiger partial charge in [0.25, 0.3) is 0 Å². The van der Waals surface area contributed by atoms with Gasteiger partial charge in [0, 0.05) is 13.1 Å². The third-order valence-electron chi connectivity index (χ3n) is 4.32. The van der Waals surface area contributed by atoms with Gasteiger partial charge in [-0.1, -0.05) is 19.1 Å². The van der Waals surface area contributed by atoms with E-state index >= 15 is 0 Å².